The highest BCUT2D eigenvalue weighted by Crippen LogP contribution is 2.26. The molecule has 1 aromatic heterocycles. The third-order valence-electron chi connectivity index (χ3n) is 2.60. The van der Waals surface area contributed by atoms with E-state index < -0.39 is 6.04 Å². The maximum Gasteiger partial charge on any atom is 0.274 e. The molecule has 0 saturated heterocycles. The molecular formula is C13H16N4O2. The fraction of sp³-hybridized carbons (Fsp3) is 0.308. The molecule has 0 radical (unpaired) electrons. The molecule has 0 aliphatic rings. The van der Waals surface area contributed by atoms with Crippen LogP contribution in [-0.2, 0) is 0 Å². The van der Waals surface area contributed by atoms with Crippen LogP contribution in [0.5, 0.6) is 5.75 Å². The van der Waals surface area contributed by atoms with Gasteiger partial charge in [-0.3, -0.25) is 4.79 Å². The van der Waals surface area contributed by atoms with E-state index in [4.69, 9.17) is 10.5 Å². The van der Waals surface area contributed by atoms with Crippen molar-refractivity contribution in [2.24, 2.45) is 5.73 Å². The summed E-state index contributed by atoms with van der Waals surface area (Å²) < 4.78 is 5.49. The Kier molecular flexibility index (Phi) is 3.91. The summed E-state index contributed by atoms with van der Waals surface area (Å²) in [5, 5.41) is 7.89. The minimum Gasteiger partial charge on any atom is -0.493 e. The molecule has 0 fully saturated rings. The molecule has 0 spiro atoms. The summed E-state index contributed by atoms with van der Waals surface area (Å²) in [5.41, 5.74) is 6.23. The lowest BCUT2D eigenvalue weighted by Gasteiger charge is -2.09. The van der Waals surface area contributed by atoms with Gasteiger partial charge in [0.25, 0.3) is 5.56 Å². The highest BCUT2D eigenvalue weighted by molar-refractivity contribution is 5.63. The number of aromatic amines is 1. The van der Waals surface area contributed by atoms with Gasteiger partial charge in [-0.25, -0.2) is 0 Å². The number of benzene rings is 1. The summed E-state index contributed by atoms with van der Waals surface area (Å²) in [4.78, 5) is 14.5. The minimum absolute atomic E-state index is 0.220. The molecule has 0 saturated carbocycles. The average molecular weight is 260 g/mol. The number of para-hydroxylation sites is 1. The van der Waals surface area contributed by atoms with E-state index in [-0.39, 0.29) is 11.3 Å². The Morgan fingerprint density at radius 2 is 2.11 bits per heavy atom. The summed E-state index contributed by atoms with van der Waals surface area (Å²) in [6.45, 7) is 4.12. The molecule has 19 heavy (non-hydrogen) atoms. The van der Waals surface area contributed by atoms with E-state index in [9.17, 15) is 4.79 Å². The highest BCUT2D eigenvalue weighted by Gasteiger charge is 2.12. The zero-order valence-electron chi connectivity index (χ0n) is 10.9. The molecule has 3 N–H and O–H groups in total. The number of H-pyrrole nitrogens is 1. The van der Waals surface area contributed by atoms with Gasteiger partial charge in [-0.05, 0) is 26.0 Å². The van der Waals surface area contributed by atoms with Crippen LogP contribution in [0.2, 0.25) is 0 Å². The van der Waals surface area contributed by atoms with Crippen LogP contribution in [0, 0.1) is 0 Å². The van der Waals surface area contributed by atoms with Crippen LogP contribution in [0.25, 0.3) is 11.4 Å². The van der Waals surface area contributed by atoms with Crippen molar-refractivity contribution in [3.8, 4) is 17.1 Å². The molecule has 6 nitrogen and oxygen atoms in total. The van der Waals surface area contributed by atoms with Gasteiger partial charge in [0.05, 0.1) is 18.2 Å². The van der Waals surface area contributed by atoms with Gasteiger partial charge in [-0.2, -0.15) is 0 Å². The predicted octanol–water partition coefficient (Wildman–Crippen LogP) is 1.25. The van der Waals surface area contributed by atoms with Crippen LogP contribution in [-0.4, -0.2) is 21.8 Å². The Labute approximate surface area is 110 Å². The molecule has 0 aliphatic heterocycles. The largest absolute Gasteiger partial charge is 0.493 e. The maximum atomic E-state index is 11.8. The van der Waals surface area contributed by atoms with Gasteiger partial charge in [0.15, 0.2) is 5.82 Å². The van der Waals surface area contributed by atoms with Crippen molar-refractivity contribution in [3.63, 3.8) is 0 Å². The highest BCUT2D eigenvalue weighted by atomic mass is 16.5. The molecular weight excluding hydrogens is 244 g/mol. The van der Waals surface area contributed by atoms with E-state index in [0.29, 0.717) is 23.7 Å². The van der Waals surface area contributed by atoms with Crippen LogP contribution >= 0.6 is 0 Å². The van der Waals surface area contributed by atoms with Crippen LogP contribution in [0.4, 0.5) is 0 Å². The molecule has 2 aromatic rings. The normalized spacial score (nSPS) is 12.2. The van der Waals surface area contributed by atoms with E-state index in [1.807, 2.05) is 31.2 Å². The van der Waals surface area contributed by atoms with E-state index in [1.54, 1.807) is 6.92 Å². The molecule has 100 valence electrons. The Hall–Kier alpha value is -2.21. The second kappa shape index (κ2) is 5.62. The van der Waals surface area contributed by atoms with Gasteiger partial charge in [-0.1, -0.05) is 12.1 Å². The van der Waals surface area contributed by atoms with Crippen LogP contribution in [0.15, 0.2) is 29.1 Å². The Morgan fingerprint density at radius 1 is 1.37 bits per heavy atom. The lowest BCUT2D eigenvalue weighted by molar-refractivity contribution is 0.341. The summed E-state index contributed by atoms with van der Waals surface area (Å²) in [5.74, 6) is 1.03. The smallest absolute Gasteiger partial charge is 0.274 e. The molecule has 2 rings (SSSR count). The number of nitrogens with zero attached hydrogens (tertiary/aromatic N) is 2. The summed E-state index contributed by atoms with van der Waals surface area (Å²) in [7, 11) is 0. The molecule has 1 unspecified atom stereocenters. The van der Waals surface area contributed by atoms with Crippen molar-refractivity contribution in [2.45, 2.75) is 19.9 Å². The molecule has 6 heteroatoms. The van der Waals surface area contributed by atoms with Crippen molar-refractivity contribution >= 4 is 0 Å². The zero-order chi connectivity index (χ0) is 13.8. The third-order valence-corrected chi connectivity index (χ3v) is 2.60. The zero-order valence-corrected chi connectivity index (χ0v) is 10.9. The van der Waals surface area contributed by atoms with Crippen LogP contribution in [0.3, 0.4) is 0 Å². The molecule has 1 atom stereocenters. The molecule has 1 aromatic carbocycles. The summed E-state index contributed by atoms with van der Waals surface area (Å²) in [6.07, 6.45) is 0. The fourth-order valence-electron chi connectivity index (χ4n) is 1.71. The number of nitrogens with two attached hydrogens (primary N) is 1. The summed E-state index contributed by atoms with van der Waals surface area (Å²) in [6, 6.07) is 6.88. The lowest BCUT2D eigenvalue weighted by Crippen LogP contribution is -2.23. The first-order valence-corrected chi connectivity index (χ1v) is 6.08. The van der Waals surface area contributed by atoms with Gasteiger partial charge in [0.1, 0.15) is 11.4 Å². The first kappa shape index (κ1) is 13.2. The second-order valence-electron chi connectivity index (χ2n) is 4.11. The molecule has 0 bridgehead atoms. The van der Waals surface area contributed by atoms with E-state index in [0.717, 1.165) is 0 Å². The lowest BCUT2D eigenvalue weighted by atomic mass is 10.2. The minimum atomic E-state index is -0.451. The van der Waals surface area contributed by atoms with Crippen LogP contribution in [0.1, 0.15) is 25.6 Å². The van der Waals surface area contributed by atoms with Gasteiger partial charge >= 0.3 is 0 Å². The number of ether oxygens (including phenoxy) is 1. The van der Waals surface area contributed by atoms with Crippen molar-refractivity contribution in [2.75, 3.05) is 6.61 Å². The summed E-state index contributed by atoms with van der Waals surface area (Å²) >= 11 is 0. The molecule has 1 heterocycles. The Bertz CT molecular complexity index is 622. The van der Waals surface area contributed by atoms with Gasteiger partial charge in [-0.15, -0.1) is 10.2 Å². The molecule has 0 amide bonds. The topological polar surface area (TPSA) is 93.9 Å². The quantitative estimate of drug-likeness (QED) is 0.862. The van der Waals surface area contributed by atoms with Crippen molar-refractivity contribution < 1.29 is 4.74 Å². The number of rotatable bonds is 4. The second-order valence-corrected chi connectivity index (χ2v) is 4.11. The number of nitrogens with one attached hydrogen (secondary N) is 1. The third kappa shape index (κ3) is 2.79. The monoisotopic (exact) mass is 260 g/mol. The number of hydrogen-bond donors (Lipinski definition) is 2. The van der Waals surface area contributed by atoms with Gasteiger partial charge in [0, 0.05) is 0 Å². The first-order valence-electron chi connectivity index (χ1n) is 6.08. The van der Waals surface area contributed by atoms with E-state index in [2.05, 4.69) is 15.2 Å². The van der Waals surface area contributed by atoms with E-state index in [1.165, 1.54) is 0 Å². The molecule has 0 aliphatic carbocycles. The Balaban J connectivity index is 2.48. The maximum absolute atomic E-state index is 11.8. The van der Waals surface area contributed by atoms with Gasteiger partial charge in [0.2, 0.25) is 0 Å². The van der Waals surface area contributed by atoms with Crippen LogP contribution < -0.4 is 16.0 Å². The fourth-order valence-corrected chi connectivity index (χ4v) is 1.71. The number of aromatic nitrogens is 3. The van der Waals surface area contributed by atoms with Gasteiger partial charge < -0.3 is 15.5 Å². The first-order chi connectivity index (χ1) is 9.13. The van der Waals surface area contributed by atoms with Crippen molar-refractivity contribution in [1.29, 1.82) is 0 Å². The number of hydrogen-bond acceptors (Lipinski definition) is 5. The Morgan fingerprint density at radius 3 is 2.74 bits per heavy atom. The van der Waals surface area contributed by atoms with E-state index >= 15 is 0 Å². The SMILES string of the molecule is CCOc1ccccc1-c1nnc(C(C)N)c(=O)[nH]1. The average Bonchev–Trinajstić information content (AvgIpc) is 2.39. The van der Waals surface area contributed by atoms with Crippen molar-refractivity contribution in [1.82, 2.24) is 15.2 Å². The van der Waals surface area contributed by atoms with Crippen molar-refractivity contribution in [3.05, 3.63) is 40.3 Å². The standard InChI is InChI=1S/C13H16N4O2/c1-3-19-10-7-5-4-6-9(10)12-15-13(18)11(8(2)14)16-17-12/h4-8H,3,14H2,1-2H3,(H,15,17,18). The predicted molar refractivity (Wildman–Crippen MR) is 71.9 cm³/mol.